The summed E-state index contributed by atoms with van der Waals surface area (Å²) in [6, 6.07) is 25.1. The van der Waals surface area contributed by atoms with Crippen LogP contribution in [-0.4, -0.2) is 4.57 Å². The van der Waals surface area contributed by atoms with Crippen molar-refractivity contribution < 1.29 is 0 Å². The minimum Gasteiger partial charge on any atom is -0.311 e. The van der Waals surface area contributed by atoms with Crippen LogP contribution in [0.3, 0.4) is 0 Å². The van der Waals surface area contributed by atoms with Crippen molar-refractivity contribution >= 4 is 11.8 Å². The number of aromatic nitrogens is 1. The highest BCUT2D eigenvalue weighted by Gasteiger charge is 2.04. The van der Waals surface area contributed by atoms with Crippen LogP contribution in [0.25, 0.3) is 5.69 Å². The fourth-order valence-corrected chi connectivity index (χ4v) is 2.81. The molecule has 3 rings (SSSR count). The number of benzene rings is 2. The molecule has 2 aromatic carbocycles. The van der Waals surface area contributed by atoms with Gasteiger partial charge in [-0.2, -0.15) is 0 Å². The van der Waals surface area contributed by atoms with E-state index in [4.69, 9.17) is 0 Å². The van der Waals surface area contributed by atoms with Crippen LogP contribution in [0.1, 0.15) is 0 Å². The second-order valence-electron chi connectivity index (χ2n) is 3.97. The molecule has 2 heteroatoms. The largest absolute Gasteiger partial charge is 0.311 e. The van der Waals surface area contributed by atoms with Gasteiger partial charge in [-0.15, -0.1) is 0 Å². The van der Waals surface area contributed by atoms with Crippen LogP contribution in [-0.2, 0) is 0 Å². The van der Waals surface area contributed by atoms with Crippen LogP contribution in [0.2, 0.25) is 0 Å². The number of para-hydroxylation sites is 1. The molecule has 0 fully saturated rings. The first-order valence-corrected chi connectivity index (χ1v) is 6.71. The smallest absolute Gasteiger partial charge is 0.0842 e. The molecule has 1 aromatic heterocycles. The fraction of sp³-hybridized carbons (Fsp3) is 0. The Hall–Kier alpha value is -1.93. The van der Waals surface area contributed by atoms with Crippen molar-refractivity contribution in [3.8, 4) is 5.69 Å². The molecular formula is C16H13NS. The fourth-order valence-electron chi connectivity index (χ4n) is 1.86. The third-order valence-electron chi connectivity index (χ3n) is 2.71. The van der Waals surface area contributed by atoms with Crippen LogP contribution in [0.15, 0.2) is 88.9 Å². The van der Waals surface area contributed by atoms with Gasteiger partial charge in [0, 0.05) is 16.8 Å². The Morgan fingerprint density at radius 3 is 2.06 bits per heavy atom. The quantitative estimate of drug-likeness (QED) is 0.657. The lowest BCUT2D eigenvalue weighted by Crippen LogP contribution is -1.92. The molecule has 0 atom stereocenters. The molecular weight excluding hydrogens is 238 g/mol. The van der Waals surface area contributed by atoms with Gasteiger partial charge in [-0.25, -0.2) is 0 Å². The van der Waals surface area contributed by atoms with Crippen molar-refractivity contribution in [2.24, 2.45) is 0 Å². The standard InChI is InChI=1S/C16H13NS/c1-3-8-14(9-4-1)17-13-7-12-16(17)18-15-10-5-2-6-11-15/h1-13H. The van der Waals surface area contributed by atoms with Crippen LogP contribution in [0, 0.1) is 0 Å². The summed E-state index contributed by atoms with van der Waals surface area (Å²) in [5.74, 6) is 0. The van der Waals surface area contributed by atoms with E-state index in [2.05, 4.69) is 71.4 Å². The molecule has 0 amide bonds. The molecule has 18 heavy (non-hydrogen) atoms. The predicted molar refractivity (Wildman–Crippen MR) is 76.3 cm³/mol. The maximum atomic E-state index is 2.21. The van der Waals surface area contributed by atoms with E-state index in [0.29, 0.717) is 0 Å². The lowest BCUT2D eigenvalue weighted by atomic mass is 10.3. The molecule has 3 aromatic rings. The van der Waals surface area contributed by atoms with Crippen molar-refractivity contribution in [1.82, 2.24) is 4.57 Å². The van der Waals surface area contributed by atoms with Crippen LogP contribution in [0.5, 0.6) is 0 Å². The van der Waals surface area contributed by atoms with Crippen molar-refractivity contribution in [3.63, 3.8) is 0 Å². The van der Waals surface area contributed by atoms with Gasteiger partial charge < -0.3 is 4.57 Å². The van der Waals surface area contributed by atoms with Gasteiger partial charge in [0.05, 0.1) is 5.03 Å². The first-order chi connectivity index (χ1) is 8.93. The van der Waals surface area contributed by atoms with Crippen molar-refractivity contribution in [3.05, 3.63) is 79.0 Å². The van der Waals surface area contributed by atoms with Gasteiger partial charge >= 0.3 is 0 Å². The normalized spacial score (nSPS) is 10.4. The minimum atomic E-state index is 1.20. The van der Waals surface area contributed by atoms with Gasteiger partial charge in [0.1, 0.15) is 0 Å². The zero-order chi connectivity index (χ0) is 12.2. The molecule has 0 aliphatic heterocycles. The summed E-state index contributed by atoms with van der Waals surface area (Å²) in [4.78, 5) is 1.26. The van der Waals surface area contributed by atoms with Gasteiger partial charge in [0.25, 0.3) is 0 Å². The first-order valence-electron chi connectivity index (χ1n) is 5.89. The van der Waals surface area contributed by atoms with Gasteiger partial charge in [-0.3, -0.25) is 0 Å². The third kappa shape index (κ3) is 2.34. The summed E-state index contributed by atoms with van der Waals surface area (Å²) in [6.45, 7) is 0. The highest BCUT2D eigenvalue weighted by Crippen LogP contribution is 2.29. The molecule has 0 saturated carbocycles. The highest BCUT2D eigenvalue weighted by molar-refractivity contribution is 7.99. The van der Waals surface area contributed by atoms with E-state index >= 15 is 0 Å². The topological polar surface area (TPSA) is 4.93 Å². The molecule has 0 radical (unpaired) electrons. The summed E-state index contributed by atoms with van der Waals surface area (Å²) >= 11 is 1.78. The molecule has 0 aliphatic rings. The lowest BCUT2D eigenvalue weighted by Gasteiger charge is -2.08. The van der Waals surface area contributed by atoms with Crippen LogP contribution in [0.4, 0.5) is 0 Å². The maximum absolute atomic E-state index is 2.21. The van der Waals surface area contributed by atoms with E-state index in [0.717, 1.165) is 0 Å². The Balaban J connectivity index is 1.93. The zero-order valence-electron chi connectivity index (χ0n) is 9.86. The third-order valence-corrected chi connectivity index (χ3v) is 3.76. The van der Waals surface area contributed by atoms with Gasteiger partial charge in [-0.05, 0) is 36.4 Å². The molecule has 0 spiro atoms. The van der Waals surface area contributed by atoms with Crippen molar-refractivity contribution in [2.45, 2.75) is 9.92 Å². The monoisotopic (exact) mass is 251 g/mol. The second-order valence-corrected chi connectivity index (χ2v) is 5.06. The summed E-state index contributed by atoms with van der Waals surface area (Å²) in [6.07, 6.45) is 2.10. The van der Waals surface area contributed by atoms with Gasteiger partial charge in [0.15, 0.2) is 0 Å². The first kappa shape index (κ1) is 11.2. The van der Waals surface area contributed by atoms with E-state index in [-0.39, 0.29) is 0 Å². The molecule has 0 unspecified atom stereocenters. The molecule has 0 N–H and O–H groups in total. The summed E-state index contributed by atoms with van der Waals surface area (Å²) in [5.41, 5.74) is 1.20. The Bertz CT molecular complexity index is 614. The minimum absolute atomic E-state index is 1.20. The van der Waals surface area contributed by atoms with E-state index in [9.17, 15) is 0 Å². The molecule has 1 heterocycles. The average molecular weight is 251 g/mol. The van der Waals surface area contributed by atoms with E-state index in [1.165, 1.54) is 15.6 Å². The lowest BCUT2D eigenvalue weighted by molar-refractivity contribution is 0.956. The number of nitrogens with zero attached hydrogens (tertiary/aromatic N) is 1. The van der Waals surface area contributed by atoms with Crippen LogP contribution < -0.4 is 0 Å². The number of hydrogen-bond acceptors (Lipinski definition) is 1. The Morgan fingerprint density at radius 1 is 0.667 bits per heavy atom. The second kappa shape index (κ2) is 5.15. The Morgan fingerprint density at radius 2 is 1.33 bits per heavy atom. The predicted octanol–water partition coefficient (Wildman–Crippen LogP) is 4.63. The summed E-state index contributed by atoms with van der Waals surface area (Å²) in [7, 11) is 0. The summed E-state index contributed by atoms with van der Waals surface area (Å²) < 4.78 is 2.21. The van der Waals surface area contributed by atoms with Gasteiger partial charge in [0.2, 0.25) is 0 Å². The average Bonchev–Trinajstić information content (AvgIpc) is 2.89. The van der Waals surface area contributed by atoms with Crippen molar-refractivity contribution in [2.75, 3.05) is 0 Å². The Kier molecular flexibility index (Phi) is 3.20. The summed E-state index contributed by atoms with van der Waals surface area (Å²) in [5, 5.41) is 1.23. The number of hydrogen-bond donors (Lipinski definition) is 0. The molecule has 0 aliphatic carbocycles. The van der Waals surface area contributed by atoms with E-state index in [1.54, 1.807) is 11.8 Å². The van der Waals surface area contributed by atoms with E-state index in [1.807, 2.05) is 12.1 Å². The number of rotatable bonds is 3. The van der Waals surface area contributed by atoms with E-state index < -0.39 is 0 Å². The zero-order valence-corrected chi connectivity index (χ0v) is 10.7. The Labute approximate surface area is 111 Å². The SMILES string of the molecule is c1ccc(Sc2cccn2-c2ccccc2)cc1. The van der Waals surface area contributed by atoms with Crippen molar-refractivity contribution in [1.29, 1.82) is 0 Å². The highest BCUT2D eigenvalue weighted by atomic mass is 32.2. The molecule has 88 valence electrons. The molecule has 1 nitrogen and oxygen atoms in total. The van der Waals surface area contributed by atoms with Crippen LogP contribution >= 0.6 is 11.8 Å². The maximum Gasteiger partial charge on any atom is 0.0842 e. The molecule has 0 saturated heterocycles. The molecule has 0 bridgehead atoms. The van der Waals surface area contributed by atoms with Gasteiger partial charge in [-0.1, -0.05) is 48.2 Å².